The molecular formula is C8H10O4. The van der Waals surface area contributed by atoms with E-state index in [1.807, 2.05) is 0 Å². The van der Waals surface area contributed by atoms with Gasteiger partial charge in [0.15, 0.2) is 0 Å². The average Bonchev–Trinajstić information content (AvgIpc) is 2.14. The Balaban J connectivity index is 3.59. The summed E-state index contributed by atoms with van der Waals surface area (Å²) in [6.07, 6.45) is -5.06. The maximum atomic E-state index is 11.0. The Morgan fingerprint density at radius 3 is 2.92 bits per heavy atom. The molecule has 0 saturated carbocycles. The van der Waals surface area contributed by atoms with Crippen LogP contribution >= 0.6 is 0 Å². The fourth-order valence-corrected chi connectivity index (χ4v) is 0.818. The normalized spacial score (nSPS) is 46.3. The highest BCUT2D eigenvalue weighted by Gasteiger charge is 2.28. The van der Waals surface area contributed by atoms with E-state index in [4.69, 9.17) is 17.1 Å². The number of allylic oxidation sites excluding steroid dienone is 1. The van der Waals surface area contributed by atoms with Gasteiger partial charge in [0, 0.05) is 11.1 Å². The Morgan fingerprint density at radius 2 is 2.42 bits per heavy atom. The summed E-state index contributed by atoms with van der Waals surface area (Å²) in [6, 6.07) is -0.690. The molecule has 0 aromatic carbocycles. The Labute approximate surface area is 76.5 Å². The zero-order valence-corrected chi connectivity index (χ0v) is 6.00. The minimum atomic E-state index is -3.14. The fraction of sp³-hybridized carbons (Fsp3) is 0.500. The first-order valence-corrected chi connectivity index (χ1v) is 3.16. The molecule has 2 atom stereocenters. The summed E-state index contributed by atoms with van der Waals surface area (Å²) in [5, 5.41) is 17.7. The largest absolute Gasteiger partial charge is 0.481 e. The van der Waals surface area contributed by atoms with Crippen LogP contribution in [-0.2, 0) is 9.59 Å². The van der Waals surface area contributed by atoms with Crippen LogP contribution in [0.5, 0.6) is 0 Å². The van der Waals surface area contributed by atoms with E-state index in [2.05, 4.69) is 0 Å². The molecule has 1 aliphatic carbocycles. The second-order valence-corrected chi connectivity index (χ2v) is 2.09. The summed E-state index contributed by atoms with van der Waals surface area (Å²) < 4.78 is 37.2. The highest BCUT2D eigenvalue weighted by Crippen LogP contribution is 2.24. The molecule has 0 spiro atoms. The zero-order chi connectivity index (χ0) is 13.6. The van der Waals surface area contributed by atoms with E-state index in [-0.39, 0.29) is 0 Å². The van der Waals surface area contributed by atoms with Crippen LogP contribution in [0.1, 0.15) is 26.0 Å². The molecule has 0 aromatic rings. The van der Waals surface area contributed by atoms with Crippen molar-refractivity contribution in [2.24, 2.45) is 5.89 Å². The van der Waals surface area contributed by atoms with Crippen LogP contribution in [0, 0.1) is 5.89 Å². The lowest BCUT2D eigenvalue weighted by atomic mass is 9.88. The lowest BCUT2D eigenvalue weighted by Gasteiger charge is -2.16. The van der Waals surface area contributed by atoms with Crippen LogP contribution in [0.3, 0.4) is 0 Å². The van der Waals surface area contributed by atoms with Crippen molar-refractivity contribution < 1.29 is 26.7 Å². The van der Waals surface area contributed by atoms with Crippen molar-refractivity contribution >= 4 is 11.9 Å². The van der Waals surface area contributed by atoms with Gasteiger partial charge in [-0.25, -0.2) is 4.79 Å². The SMILES string of the molecule is [2H]C1=C(C(=O)O)C([2H])(C(=O)O)C([2H])([2H])C([2H])C1. The van der Waals surface area contributed by atoms with E-state index in [1.54, 1.807) is 0 Å². The van der Waals surface area contributed by atoms with Gasteiger partial charge >= 0.3 is 11.9 Å². The standard InChI is InChI=1S/C8H10O4/c9-7(10)5-3-1-2-4-6(5)8(11)12/h3,6H,1-2,4H2,(H,9,10)(H,11,12)/i2D,3D,4D2,6D. The van der Waals surface area contributed by atoms with Crippen molar-refractivity contribution in [3.8, 4) is 0 Å². The predicted molar refractivity (Wildman–Crippen MR) is 40.7 cm³/mol. The molecule has 4 nitrogen and oxygen atoms in total. The third-order valence-electron chi connectivity index (χ3n) is 1.31. The van der Waals surface area contributed by atoms with Crippen molar-refractivity contribution in [3.05, 3.63) is 11.6 Å². The van der Waals surface area contributed by atoms with Gasteiger partial charge in [-0.3, -0.25) is 4.79 Å². The number of aliphatic carboxylic acids is 2. The first-order chi connectivity index (χ1) is 7.56. The molecule has 0 amide bonds. The van der Waals surface area contributed by atoms with Gasteiger partial charge in [-0.05, 0) is 19.2 Å². The molecule has 12 heavy (non-hydrogen) atoms. The molecule has 4 heteroatoms. The first kappa shape index (κ1) is 4.07. The second-order valence-electron chi connectivity index (χ2n) is 2.09. The Bertz CT molecular complexity index is 418. The van der Waals surface area contributed by atoms with E-state index in [0.717, 1.165) is 0 Å². The van der Waals surface area contributed by atoms with Crippen LogP contribution in [0.25, 0.3) is 0 Å². The summed E-state index contributed by atoms with van der Waals surface area (Å²) in [6.45, 7) is 0. The van der Waals surface area contributed by atoms with Gasteiger partial charge in [-0.2, -0.15) is 0 Å². The molecule has 0 fully saturated rings. The minimum absolute atomic E-state index is 0.525. The lowest BCUT2D eigenvalue weighted by molar-refractivity contribution is -0.144. The number of carbonyl (C=O) groups is 2. The van der Waals surface area contributed by atoms with Gasteiger partial charge in [0.25, 0.3) is 0 Å². The topological polar surface area (TPSA) is 74.6 Å². The molecule has 0 saturated heterocycles. The van der Waals surface area contributed by atoms with Crippen LogP contribution < -0.4 is 0 Å². The summed E-state index contributed by atoms with van der Waals surface area (Å²) in [5.74, 6) is -6.97. The predicted octanol–water partition coefficient (Wildman–Crippen LogP) is 0.882. The summed E-state index contributed by atoms with van der Waals surface area (Å²) in [4.78, 5) is 21.9. The smallest absolute Gasteiger partial charge is 0.332 e. The molecule has 0 bridgehead atoms. The van der Waals surface area contributed by atoms with Gasteiger partial charge in [0.2, 0.25) is 0 Å². The van der Waals surface area contributed by atoms with Gasteiger partial charge in [0.1, 0.15) is 0 Å². The monoisotopic (exact) mass is 175 g/mol. The van der Waals surface area contributed by atoms with Crippen molar-refractivity contribution in [1.29, 1.82) is 0 Å². The van der Waals surface area contributed by atoms with Gasteiger partial charge < -0.3 is 10.2 Å². The van der Waals surface area contributed by atoms with Gasteiger partial charge in [0.05, 0.1) is 7.26 Å². The Kier molecular flexibility index (Phi) is 1.15. The van der Waals surface area contributed by atoms with Gasteiger partial charge in [-0.1, -0.05) is 6.05 Å². The quantitative estimate of drug-likeness (QED) is 0.653. The van der Waals surface area contributed by atoms with E-state index in [1.165, 1.54) is 0 Å². The van der Waals surface area contributed by atoms with Crippen LogP contribution in [0.2, 0.25) is 0 Å². The number of rotatable bonds is 2. The highest BCUT2D eigenvalue weighted by molar-refractivity contribution is 5.94. The lowest BCUT2D eigenvalue weighted by Crippen LogP contribution is -2.23. The second kappa shape index (κ2) is 3.38. The molecule has 0 heterocycles. The Hall–Kier alpha value is -1.32. The molecule has 2 N–H and O–H groups in total. The van der Waals surface area contributed by atoms with Gasteiger partial charge in [-0.15, -0.1) is 0 Å². The maximum Gasteiger partial charge on any atom is 0.332 e. The minimum Gasteiger partial charge on any atom is -0.481 e. The molecule has 0 radical (unpaired) electrons. The summed E-state index contributed by atoms with van der Waals surface area (Å²) in [7, 11) is 0. The van der Waals surface area contributed by atoms with Crippen molar-refractivity contribution in [2.45, 2.75) is 19.2 Å². The van der Waals surface area contributed by atoms with Crippen LogP contribution in [0.15, 0.2) is 11.6 Å². The van der Waals surface area contributed by atoms with Crippen LogP contribution in [-0.4, -0.2) is 22.2 Å². The van der Waals surface area contributed by atoms with Crippen molar-refractivity contribution in [3.63, 3.8) is 0 Å². The molecule has 2 unspecified atom stereocenters. The molecule has 66 valence electrons. The molecule has 1 rings (SSSR count). The fourth-order valence-electron chi connectivity index (χ4n) is 0.818. The third kappa shape index (κ3) is 1.64. The molecule has 0 aromatic heterocycles. The summed E-state index contributed by atoms with van der Waals surface area (Å²) >= 11 is 0. The van der Waals surface area contributed by atoms with Crippen molar-refractivity contribution in [1.82, 2.24) is 0 Å². The average molecular weight is 175 g/mol. The maximum absolute atomic E-state index is 11.0. The van der Waals surface area contributed by atoms with E-state index < -0.39 is 48.6 Å². The third-order valence-corrected chi connectivity index (χ3v) is 1.31. The van der Waals surface area contributed by atoms with Crippen molar-refractivity contribution in [2.75, 3.05) is 0 Å². The number of hydrogen-bond donors (Lipinski definition) is 2. The van der Waals surface area contributed by atoms with E-state index >= 15 is 0 Å². The Morgan fingerprint density at radius 1 is 1.75 bits per heavy atom. The number of hydrogen-bond acceptors (Lipinski definition) is 2. The molecule has 1 aliphatic rings. The van der Waals surface area contributed by atoms with E-state index in [0.29, 0.717) is 0 Å². The summed E-state index contributed by atoms with van der Waals surface area (Å²) in [5.41, 5.74) is -1.11. The number of carboxylic acids is 2. The number of carboxylic acid groups (broad SMARTS) is 2. The zero-order valence-electron chi connectivity index (χ0n) is 11.0. The highest BCUT2D eigenvalue weighted by atomic mass is 16.4. The molecular weight excluding hydrogens is 160 g/mol. The van der Waals surface area contributed by atoms with Crippen LogP contribution in [0.4, 0.5) is 0 Å². The first-order valence-electron chi connectivity index (χ1n) is 5.73. The van der Waals surface area contributed by atoms with E-state index in [9.17, 15) is 9.59 Å². The molecule has 0 aliphatic heterocycles.